The number of benzene rings is 1. The van der Waals surface area contributed by atoms with E-state index in [0.717, 1.165) is 0 Å². The van der Waals surface area contributed by atoms with E-state index in [4.69, 9.17) is 9.84 Å². The van der Waals surface area contributed by atoms with Crippen molar-refractivity contribution in [1.82, 2.24) is 4.72 Å². The molecule has 3 N–H and O–H groups in total. The zero-order valence-corrected chi connectivity index (χ0v) is 11.7. The van der Waals surface area contributed by atoms with E-state index < -0.39 is 10.0 Å². The van der Waals surface area contributed by atoms with Gasteiger partial charge in [0.25, 0.3) is 0 Å². The highest BCUT2D eigenvalue weighted by Crippen LogP contribution is 2.20. The lowest BCUT2D eigenvalue weighted by Crippen LogP contribution is -2.24. The summed E-state index contributed by atoms with van der Waals surface area (Å²) < 4.78 is 31.5. The topological polar surface area (TPSA) is 87.7 Å². The van der Waals surface area contributed by atoms with Crippen molar-refractivity contribution in [2.45, 2.75) is 11.8 Å². The molecule has 0 heterocycles. The predicted molar refractivity (Wildman–Crippen MR) is 73.7 cm³/mol. The van der Waals surface area contributed by atoms with Gasteiger partial charge in [-0.2, -0.15) is 0 Å². The van der Waals surface area contributed by atoms with Crippen LogP contribution in [0.15, 0.2) is 29.2 Å². The van der Waals surface area contributed by atoms with Gasteiger partial charge in [-0.1, -0.05) is 19.1 Å². The van der Waals surface area contributed by atoms with Crippen LogP contribution in [0.1, 0.15) is 6.92 Å². The molecule has 0 saturated heterocycles. The van der Waals surface area contributed by atoms with Crippen molar-refractivity contribution in [3.05, 3.63) is 24.3 Å². The molecule has 0 bridgehead atoms. The molecular formula is C12H20N2O4S. The Labute approximate surface area is 113 Å². The number of para-hydroxylation sites is 1. The summed E-state index contributed by atoms with van der Waals surface area (Å²) in [7, 11) is -3.48. The Morgan fingerprint density at radius 1 is 1.26 bits per heavy atom. The fourth-order valence-corrected chi connectivity index (χ4v) is 2.76. The maximum Gasteiger partial charge on any atom is 0.242 e. The van der Waals surface area contributed by atoms with Gasteiger partial charge >= 0.3 is 0 Å². The van der Waals surface area contributed by atoms with Crippen LogP contribution in [0.4, 0.5) is 5.69 Å². The summed E-state index contributed by atoms with van der Waals surface area (Å²) in [4.78, 5) is 0.221. The van der Waals surface area contributed by atoms with E-state index in [-0.39, 0.29) is 18.1 Å². The molecule has 1 aromatic carbocycles. The normalized spacial score (nSPS) is 11.5. The molecule has 0 amide bonds. The molecule has 1 rings (SSSR count). The number of nitrogens with one attached hydrogen (secondary N) is 2. The first-order chi connectivity index (χ1) is 9.11. The zero-order valence-electron chi connectivity index (χ0n) is 10.9. The summed E-state index contributed by atoms with van der Waals surface area (Å²) in [6.45, 7) is 3.20. The number of ether oxygens (including phenoxy) is 1. The van der Waals surface area contributed by atoms with Gasteiger partial charge in [0.2, 0.25) is 10.0 Å². The molecule has 0 aliphatic rings. The molecule has 108 valence electrons. The minimum absolute atomic E-state index is 0.0224. The summed E-state index contributed by atoms with van der Waals surface area (Å²) in [6.07, 6.45) is 0. The molecule has 0 atom stereocenters. The van der Waals surface area contributed by atoms with E-state index in [1.54, 1.807) is 31.2 Å². The molecule has 0 radical (unpaired) electrons. The molecule has 19 heavy (non-hydrogen) atoms. The Hall–Kier alpha value is -1.15. The first-order valence-electron chi connectivity index (χ1n) is 6.13. The fourth-order valence-electron chi connectivity index (χ4n) is 1.54. The van der Waals surface area contributed by atoms with Gasteiger partial charge in [-0.25, -0.2) is 13.1 Å². The lowest BCUT2D eigenvalue weighted by molar-refractivity contribution is 0.0992. The fraction of sp³-hybridized carbons (Fsp3) is 0.500. The minimum Gasteiger partial charge on any atom is -0.394 e. The van der Waals surface area contributed by atoms with E-state index in [1.807, 2.05) is 0 Å². The highest BCUT2D eigenvalue weighted by molar-refractivity contribution is 7.89. The third kappa shape index (κ3) is 5.15. The van der Waals surface area contributed by atoms with Crippen LogP contribution in [0.2, 0.25) is 0 Å². The molecule has 0 fully saturated rings. The molecular weight excluding hydrogens is 268 g/mol. The van der Waals surface area contributed by atoms with Gasteiger partial charge in [0.15, 0.2) is 0 Å². The van der Waals surface area contributed by atoms with Gasteiger partial charge in [0, 0.05) is 13.1 Å². The Morgan fingerprint density at radius 2 is 2.00 bits per heavy atom. The van der Waals surface area contributed by atoms with Crippen LogP contribution < -0.4 is 10.0 Å². The van der Waals surface area contributed by atoms with Gasteiger partial charge < -0.3 is 15.2 Å². The van der Waals surface area contributed by atoms with Crippen LogP contribution in [0, 0.1) is 0 Å². The second-order valence-electron chi connectivity index (χ2n) is 3.76. The molecule has 0 saturated carbocycles. The van der Waals surface area contributed by atoms with E-state index in [2.05, 4.69) is 10.0 Å². The summed E-state index contributed by atoms with van der Waals surface area (Å²) in [6, 6.07) is 6.70. The quantitative estimate of drug-likeness (QED) is 0.573. The number of hydrogen-bond donors (Lipinski definition) is 3. The Balaban J connectivity index is 2.68. The third-order valence-electron chi connectivity index (χ3n) is 2.31. The first-order valence-corrected chi connectivity index (χ1v) is 7.61. The lowest BCUT2D eigenvalue weighted by atomic mass is 10.3. The van der Waals surface area contributed by atoms with Crippen LogP contribution >= 0.6 is 0 Å². The van der Waals surface area contributed by atoms with Crippen LogP contribution in [-0.2, 0) is 14.8 Å². The maximum atomic E-state index is 12.0. The largest absolute Gasteiger partial charge is 0.394 e. The first kappa shape index (κ1) is 15.9. The molecule has 0 spiro atoms. The number of rotatable bonds is 9. The summed E-state index contributed by atoms with van der Waals surface area (Å²) >= 11 is 0. The van der Waals surface area contributed by atoms with Crippen LogP contribution in [-0.4, -0.2) is 46.4 Å². The molecule has 0 aliphatic heterocycles. The average Bonchev–Trinajstić information content (AvgIpc) is 2.39. The van der Waals surface area contributed by atoms with Crippen molar-refractivity contribution >= 4 is 15.7 Å². The number of aliphatic hydroxyl groups excluding tert-OH is 1. The number of sulfonamides is 1. The second kappa shape index (κ2) is 8.11. The highest BCUT2D eigenvalue weighted by atomic mass is 32.2. The maximum absolute atomic E-state index is 12.0. The molecule has 1 aromatic rings. The second-order valence-corrected chi connectivity index (χ2v) is 5.50. The summed E-state index contributed by atoms with van der Waals surface area (Å²) in [5.41, 5.74) is 0.538. The number of aliphatic hydroxyl groups is 1. The van der Waals surface area contributed by atoms with E-state index in [9.17, 15) is 8.42 Å². The van der Waals surface area contributed by atoms with Gasteiger partial charge in [0.1, 0.15) is 4.90 Å². The SMILES string of the molecule is CCNS(=O)(=O)c1ccccc1NCCOCCO. The van der Waals surface area contributed by atoms with Gasteiger partial charge in [0.05, 0.1) is 25.5 Å². The minimum atomic E-state index is -3.48. The molecule has 6 nitrogen and oxygen atoms in total. The average molecular weight is 288 g/mol. The van der Waals surface area contributed by atoms with Crippen LogP contribution in [0.5, 0.6) is 0 Å². The van der Waals surface area contributed by atoms with Gasteiger partial charge in [-0.05, 0) is 12.1 Å². The predicted octanol–water partition coefficient (Wildman–Crippen LogP) is 0.406. The summed E-state index contributed by atoms with van der Waals surface area (Å²) in [5.74, 6) is 0. The molecule has 0 aromatic heterocycles. The Morgan fingerprint density at radius 3 is 2.68 bits per heavy atom. The van der Waals surface area contributed by atoms with E-state index >= 15 is 0 Å². The van der Waals surface area contributed by atoms with Crippen molar-refractivity contribution in [3.63, 3.8) is 0 Å². The van der Waals surface area contributed by atoms with Crippen molar-refractivity contribution in [3.8, 4) is 0 Å². The Kier molecular flexibility index (Phi) is 6.79. The third-order valence-corrected chi connectivity index (χ3v) is 3.91. The van der Waals surface area contributed by atoms with Crippen LogP contribution in [0.3, 0.4) is 0 Å². The smallest absolute Gasteiger partial charge is 0.242 e. The van der Waals surface area contributed by atoms with E-state index in [1.165, 1.54) is 0 Å². The lowest BCUT2D eigenvalue weighted by Gasteiger charge is -2.12. The van der Waals surface area contributed by atoms with Crippen molar-refractivity contribution in [2.75, 3.05) is 38.2 Å². The highest BCUT2D eigenvalue weighted by Gasteiger charge is 2.16. The zero-order chi connectivity index (χ0) is 14.1. The molecule has 0 aliphatic carbocycles. The van der Waals surface area contributed by atoms with E-state index in [0.29, 0.717) is 25.4 Å². The van der Waals surface area contributed by atoms with Crippen molar-refractivity contribution < 1.29 is 18.3 Å². The monoisotopic (exact) mass is 288 g/mol. The summed E-state index contributed by atoms with van der Waals surface area (Å²) in [5, 5.41) is 11.6. The standard InChI is InChI=1S/C12H20N2O4S/c1-2-14-19(16,17)12-6-4-3-5-11(12)13-7-9-18-10-8-15/h3-6,13-15H,2,7-10H2,1H3. The Bertz CT molecular complexity index is 476. The van der Waals surface area contributed by atoms with Gasteiger partial charge in [-0.15, -0.1) is 0 Å². The van der Waals surface area contributed by atoms with Crippen molar-refractivity contribution in [2.24, 2.45) is 0 Å². The number of anilines is 1. The number of hydrogen-bond acceptors (Lipinski definition) is 5. The molecule has 0 unspecified atom stereocenters. The van der Waals surface area contributed by atoms with Crippen LogP contribution in [0.25, 0.3) is 0 Å². The van der Waals surface area contributed by atoms with Gasteiger partial charge in [-0.3, -0.25) is 0 Å². The van der Waals surface area contributed by atoms with Crippen molar-refractivity contribution in [1.29, 1.82) is 0 Å². The molecule has 7 heteroatoms.